The molecule has 1 aromatic heterocycles. The first-order chi connectivity index (χ1) is 15.3. The number of nitrogens with zero attached hydrogens (tertiary/aromatic N) is 1. The number of nitrogens with one attached hydrogen (secondary N) is 1. The van der Waals surface area contributed by atoms with E-state index < -0.39 is 11.4 Å². The number of hydrogen-bond donors (Lipinski definition) is 2. The molecule has 0 aliphatic carbocycles. The van der Waals surface area contributed by atoms with Crippen molar-refractivity contribution in [2.75, 3.05) is 17.3 Å². The Balaban J connectivity index is 1.86. The van der Waals surface area contributed by atoms with Gasteiger partial charge in [0, 0.05) is 18.3 Å². The number of carboxylic acid groups (broad SMARTS) is 1. The Morgan fingerprint density at radius 1 is 1.16 bits per heavy atom. The standard InChI is InChI=1S/C25H22N2O4S/c1-13(2)15-9-10-17-16(11-15)25(24(31)27(17)3)12-18(28)26-20-19(14-7-5-4-6-8-14)21(23(29)30)32-22(20)25/h4-11,13H,12H2,1-3H3,(H,26,28)(H,29,30)/t25-/m1/s1. The molecule has 0 unspecified atom stereocenters. The van der Waals surface area contributed by atoms with Crippen molar-refractivity contribution >= 4 is 40.5 Å². The summed E-state index contributed by atoms with van der Waals surface area (Å²) >= 11 is 1.08. The van der Waals surface area contributed by atoms with Crippen molar-refractivity contribution < 1.29 is 19.5 Å². The summed E-state index contributed by atoms with van der Waals surface area (Å²) in [4.78, 5) is 41.3. The number of benzene rings is 2. The number of carbonyl (C=O) groups excluding carboxylic acids is 2. The molecule has 3 heterocycles. The Morgan fingerprint density at radius 3 is 2.53 bits per heavy atom. The van der Waals surface area contributed by atoms with Gasteiger partial charge >= 0.3 is 5.97 Å². The van der Waals surface area contributed by atoms with E-state index in [9.17, 15) is 19.5 Å². The molecule has 2 aromatic carbocycles. The van der Waals surface area contributed by atoms with Gasteiger partial charge in [-0.25, -0.2) is 4.79 Å². The second kappa shape index (κ2) is 7.03. The largest absolute Gasteiger partial charge is 0.477 e. The molecule has 0 radical (unpaired) electrons. The van der Waals surface area contributed by atoms with Crippen LogP contribution >= 0.6 is 11.3 Å². The SMILES string of the molecule is CC(C)c1ccc2c(c1)[C@@]1(CC(=O)Nc3c1sc(C(=O)O)c3-c1ccccc1)C(=O)N2C. The Morgan fingerprint density at radius 2 is 1.88 bits per heavy atom. The fraction of sp³-hybridized carbons (Fsp3) is 0.240. The molecule has 6 nitrogen and oxygen atoms in total. The van der Waals surface area contributed by atoms with E-state index in [4.69, 9.17) is 0 Å². The highest BCUT2D eigenvalue weighted by Crippen LogP contribution is 2.57. The second-order valence-electron chi connectivity index (χ2n) is 8.61. The summed E-state index contributed by atoms with van der Waals surface area (Å²) in [5.74, 6) is -1.34. The van der Waals surface area contributed by atoms with Gasteiger partial charge in [-0.05, 0) is 28.7 Å². The van der Waals surface area contributed by atoms with Crippen molar-refractivity contribution in [1.29, 1.82) is 0 Å². The number of hydrogen-bond acceptors (Lipinski definition) is 4. The normalized spacial score (nSPS) is 19.3. The number of aromatic carboxylic acids is 1. The van der Waals surface area contributed by atoms with E-state index in [0.29, 0.717) is 21.7 Å². The van der Waals surface area contributed by atoms with Crippen LogP contribution in [0.2, 0.25) is 0 Å². The van der Waals surface area contributed by atoms with Crippen molar-refractivity contribution in [3.8, 4) is 11.1 Å². The molecule has 1 spiro atoms. The third-order valence-electron chi connectivity index (χ3n) is 6.42. The van der Waals surface area contributed by atoms with Gasteiger partial charge in [-0.2, -0.15) is 0 Å². The lowest BCUT2D eigenvalue weighted by Crippen LogP contribution is -2.45. The van der Waals surface area contributed by atoms with Crippen molar-refractivity contribution in [3.05, 3.63) is 69.4 Å². The number of amides is 2. The number of fused-ring (bicyclic) bond motifs is 4. The van der Waals surface area contributed by atoms with Gasteiger partial charge in [0.1, 0.15) is 10.3 Å². The van der Waals surface area contributed by atoms with Gasteiger partial charge in [0.25, 0.3) is 0 Å². The summed E-state index contributed by atoms with van der Waals surface area (Å²) in [6.45, 7) is 4.16. The first kappa shape index (κ1) is 20.5. The lowest BCUT2D eigenvalue weighted by Gasteiger charge is -2.32. The van der Waals surface area contributed by atoms with E-state index in [-0.39, 0.29) is 29.0 Å². The molecule has 0 saturated carbocycles. The Labute approximate surface area is 189 Å². The fourth-order valence-corrected chi connectivity index (χ4v) is 6.15. The van der Waals surface area contributed by atoms with Crippen molar-refractivity contribution in [1.82, 2.24) is 0 Å². The second-order valence-corrected chi connectivity index (χ2v) is 9.63. The average Bonchev–Trinajstić information content (AvgIpc) is 3.25. The molecule has 5 rings (SSSR count). The van der Waals surface area contributed by atoms with Crippen LogP contribution < -0.4 is 10.2 Å². The molecule has 2 N–H and O–H groups in total. The van der Waals surface area contributed by atoms with E-state index >= 15 is 0 Å². The van der Waals surface area contributed by atoms with Crippen molar-refractivity contribution in [2.45, 2.75) is 31.6 Å². The zero-order chi connectivity index (χ0) is 22.8. The lowest BCUT2D eigenvalue weighted by atomic mass is 9.73. The fourth-order valence-electron chi connectivity index (χ4n) is 4.83. The van der Waals surface area contributed by atoms with Crippen LogP contribution in [0.3, 0.4) is 0 Å². The Kier molecular flexibility index (Phi) is 4.49. The smallest absolute Gasteiger partial charge is 0.346 e. The van der Waals surface area contributed by atoms with Crippen LogP contribution in [0.15, 0.2) is 48.5 Å². The molecule has 3 aromatic rings. The molecular weight excluding hydrogens is 424 g/mol. The quantitative estimate of drug-likeness (QED) is 0.603. The van der Waals surface area contributed by atoms with Crippen LogP contribution in [-0.2, 0) is 15.0 Å². The maximum atomic E-state index is 13.8. The number of likely N-dealkylation sites (N-methyl/N-ethyl adjacent to an activating group) is 1. The van der Waals surface area contributed by atoms with Crippen LogP contribution in [0, 0.1) is 0 Å². The van der Waals surface area contributed by atoms with Gasteiger partial charge in [-0.15, -0.1) is 11.3 Å². The van der Waals surface area contributed by atoms with Gasteiger partial charge in [-0.1, -0.05) is 56.3 Å². The minimum Gasteiger partial charge on any atom is -0.477 e. The summed E-state index contributed by atoms with van der Waals surface area (Å²) in [7, 11) is 1.71. The monoisotopic (exact) mass is 446 g/mol. The van der Waals surface area contributed by atoms with Gasteiger partial charge in [0.2, 0.25) is 11.8 Å². The molecule has 2 aliphatic rings. The highest BCUT2D eigenvalue weighted by molar-refractivity contribution is 7.15. The molecular formula is C25H22N2O4S. The minimum atomic E-state index is -1.23. The number of anilines is 2. The topological polar surface area (TPSA) is 86.7 Å². The molecule has 32 heavy (non-hydrogen) atoms. The third kappa shape index (κ3) is 2.67. The van der Waals surface area contributed by atoms with Crippen LogP contribution in [0.25, 0.3) is 11.1 Å². The molecule has 2 aliphatic heterocycles. The lowest BCUT2D eigenvalue weighted by molar-refractivity contribution is -0.126. The molecule has 2 amide bonds. The zero-order valence-electron chi connectivity index (χ0n) is 17.9. The van der Waals surface area contributed by atoms with Crippen LogP contribution in [0.4, 0.5) is 11.4 Å². The van der Waals surface area contributed by atoms with Gasteiger partial charge in [0.15, 0.2) is 0 Å². The maximum Gasteiger partial charge on any atom is 0.346 e. The Bertz CT molecular complexity index is 1290. The van der Waals surface area contributed by atoms with E-state index in [2.05, 4.69) is 19.2 Å². The number of thiophene rings is 1. The van der Waals surface area contributed by atoms with Crippen molar-refractivity contribution in [3.63, 3.8) is 0 Å². The summed E-state index contributed by atoms with van der Waals surface area (Å²) in [6, 6.07) is 15.1. The predicted molar refractivity (Wildman–Crippen MR) is 125 cm³/mol. The van der Waals surface area contributed by atoms with Gasteiger partial charge in [-0.3, -0.25) is 9.59 Å². The van der Waals surface area contributed by atoms with Crippen LogP contribution in [0.5, 0.6) is 0 Å². The van der Waals surface area contributed by atoms with E-state index in [1.807, 2.05) is 48.5 Å². The zero-order valence-corrected chi connectivity index (χ0v) is 18.7. The van der Waals surface area contributed by atoms with Gasteiger partial charge < -0.3 is 15.3 Å². The van der Waals surface area contributed by atoms with E-state index in [0.717, 1.165) is 28.2 Å². The maximum absolute atomic E-state index is 13.8. The van der Waals surface area contributed by atoms with Crippen molar-refractivity contribution in [2.24, 2.45) is 0 Å². The third-order valence-corrected chi connectivity index (χ3v) is 7.76. The molecule has 0 fully saturated rings. The molecule has 1 atom stereocenters. The molecule has 162 valence electrons. The highest BCUT2D eigenvalue weighted by atomic mass is 32.1. The predicted octanol–water partition coefficient (Wildman–Crippen LogP) is 4.84. The summed E-state index contributed by atoms with van der Waals surface area (Å²) < 4.78 is 0. The van der Waals surface area contributed by atoms with E-state index in [1.165, 1.54) is 0 Å². The highest BCUT2D eigenvalue weighted by Gasteiger charge is 2.57. The summed E-state index contributed by atoms with van der Waals surface area (Å²) in [5, 5.41) is 12.9. The molecule has 0 saturated heterocycles. The van der Waals surface area contributed by atoms with Crippen LogP contribution in [-0.4, -0.2) is 29.9 Å². The number of carboxylic acids is 1. The van der Waals surface area contributed by atoms with E-state index in [1.54, 1.807) is 11.9 Å². The molecule has 7 heteroatoms. The first-order valence-corrected chi connectivity index (χ1v) is 11.3. The van der Waals surface area contributed by atoms with Gasteiger partial charge in [0.05, 0.1) is 17.0 Å². The summed E-state index contributed by atoms with van der Waals surface area (Å²) in [5.41, 5.74) is 2.94. The average molecular weight is 447 g/mol. The number of carbonyl (C=O) groups is 3. The Hall–Kier alpha value is -3.45. The first-order valence-electron chi connectivity index (χ1n) is 10.4. The summed E-state index contributed by atoms with van der Waals surface area (Å²) in [6.07, 6.45) is -0.0501. The molecule has 0 bridgehead atoms. The minimum absolute atomic E-state index is 0.0501. The van der Waals surface area contributed by atoms with Crippen LogP contribution in [0.1, 0.15) is 51.9 Å². The number of rotatable bonds is 3.